The number of carboxylic acids is 2. The standard InChI is InChI=1S/C13H19NO3.C11H16O2/c1-8(15)14-13-5-9-2-10(6-13)4-12(3-9,7-13)11(16)17;12-10(13)11-4-7-1-8(5-11)3-9(2-7)6-11/h9-10H,2-7H2,1H3,(H,14,15)(H,16,17);7-9H,1-6H2,(H,12,13). The van der Waals surface area contributed by atoms with Crippen LogP contribution in [0.15, 0.2) is 0 Å². The first-order valence-electron chi connectivity index (χ1n) is 11.9. The van der Waals surface area contributed by atoms with Gasteiger partial charge in [-0.05, 0) is 107 Å². The molecule has 8 fully saturated rings. The van der Waals surface area contributed by atoms with E-state index in [1.807, 2.05) is 0 Å². The quantitative estimate of drug-likeness (QED) is 0.647. The summed E-state index contributed by atoms with van der Waals surface area (Å²) in [5.74, 6) is 2.07. The van der Waals surface area contributed by atoms with Gasteiger partial charge in [0.05, 0.1) is 10.8 Å². The van der Waals surface area contributed by atoms with E-state index >= 15 is 0 Å². The Labute approximate surface area is 178 Å². The summed E-state index contributed by atoms with van der Waals surface area (Å²) >= 11 is 0. The second-order valence-corrected chi connectivity index (χ2v) is 12.0. The molecule has 0 spiro atoms. The Balaban J connectivity index is 0.000000133. The lowest BCUT2D eigenvalue weighted by molar-refractivity contribution is -0.169. The normalized spacial score (nSPS) is 49.3. The maximum Gasteiger partial charge on any atom is 0.309 e. The number of hydrogen-bond donors (Lipinski definition) is 3. The zero-order valence-corrected chi connectivity index (χ0v) is 18.0. The number of carboxylic acid groups (broad SMARTS) is 2. The third-order valence-electron chi connectivity index (χ3n) is 9.45. The molecule has 8 aliphatic rings. The highest BCUT2D eigenvalue weighted by molar-refractivity contribution is 5.77. The van der Waals surface area contributed by atoms with Crippen molar-refractivity contribution in [3.63, 3.8) is 0 Å². The van der Waals surface area contributed by atoms with E-state index in [0.29, 0.717) is 18.3 Å². The van der Waals surface area contributed by atoms with E-state index < -0.39 is 17.4 Å². The molecule has 8 aliphatic carbocycles. The molecule has 8 rings (SSSR count). The van der Waals surface area contributed by atoms with Crippen LogP contribution in [0.2, 0.25) is 0 Å². The molecule has 8 bridgehead atoms. The Morgan fingerprint density at radius 3 is 1.47 bits per heavy atom. The minimum atomic E-state index is -0.652. The van der Waals surface area contributed by atoms with Crippen LogP contribution < -0.4 is 5.32 Å². The Morgan fingerprint density at radius 1 is 0.667 bits per heavy atom. The molecule has 2 atom stereocenters. The van der Waals surface area contributed by atoms with Crippen molar-refractivity contribution >= 4 is 17.8 Å². The van der Waals surface area contributed by atoms with Crippen molar-refractivity contribution in [2.45, 2.75) is 89.5 Å². The summed E-state index contributed by atoms with van der Waals surface area (Å²) in [6.45, 7) is 1.53. The molecule has 3 N–H and O–H groups in total. The van der Waals surface area contributed by atoms with Crippen molar-refractivity contribution in [2.24, 2.45) is 40.4 Å². The van der Waals surface area contributed by atoms with E-state index in [1.165, 1.54) is 26.2 Å². The van der Waals surface area contributed by atoms with Gasteiger partial charge in [-0.15, -0.1) is 0 Å². The lowest BCUT2D eigenvalue weighted by Gasteiger charge is -2.60. The maximum atomic E-state index is 11.6. The molecule has 6 heteroatoms. The minimum absolute atomic E-state index is 0.0208. The fourth-order valence-electron chi connectivity index (χ4n) is 9.40. The van der Waals surface area contributed by atoms with Gasteiger partial charge >= 0.3 is 11.9 Å². The lowest BCUT2D eigenvalue weighted by Crippen LogP contribution is -2.64. The highest BCUT2D eigenvalue weighted by Gasteiger charge is 2.61. The largest absolute Gasteiger partial charge is 0.481 e. The molecule has 166 valence electrons. The molecule has 0 aromatic rings. The monoisotopic (exact) mass is 417 g/mol. The van der Waals surface area contributed by atoms with Gasteiger partial charge in [0.2, 0.25) is 5.91 Å². The van der Waals surface area contributed by atoms with Gasteiger partial charge in [0.15, 0.2) is 0 Å². The van der Waals surface area contributed by atoms with Gasteiger partial charge in [-0.3, -0.25) is 14.4 Å². The molecule has 30 heavy (non-hydrogen) atoms. The molecular weight excluding hydrogens is 382 g/mol. The first kappa shape index (κ1) is 20.3. The first-order valence-corrected chi connectivity index (χ1v) is 11.9. The van der Waals surface area contributed by atoms with Crippen molar-refractivity contribution in [3.05, 3.63) is 0 Å². The third kappa shape index (κ3) is 3.25. The highest BCUT2D eigenvalue weighted by Crippen LogP contribution is 2.62. The molecular formula is C24H35NO5. The van der Waals surface area contributed by atoms with Crippen molar-refractivity contribution in [1.82, 2.24) is 5.32 Å². The summed E-state index contributed by atoms with van der Waals surface area (Å²) in [6, 6.07) is 0. The topological polar surface area (TPSA) is 104 Å². The van der Waals surface area contributed by atoms with E-state index in [1.54, 1.807) is 0 Å². The summed E-state index contributed by atoms with van der Waals surface area (Å²) in [6.07, 6.45) is 12.3. The number of aliphatic carboxylic acids is 2. The molecule has 0 aliphatic heterocycles. The van der Waals surface area contributed by atoms with Gasteiger partial charge in [-0.1, -0.05) is 0 Å². The molecule has 1 amide bonds. The number of carbonyl (C=O) groups excluding carboxylic acids is 1. The number of amides is 1. The van der Waals surface area contributed by atoms with Crippen molar-refractivity contribution in [2.75, 3.05) is 0 Å². The predicted molar refractivity (Wildman–Crippen MR) is 110 cm³/mol. The Bertz CT molecular complexity index is 724. The van der Waals surface area contributed by atoms with Crippen LogP contribution >= 0.6 is 0 Å². The number of rotatable bonds is 3. The predicted octanol–water partition coefficient (Wildman–Crippen LogP) is 3.83. The van der Waals surface area contributed by atoms with Crippen LogP contribution in [0, 0.1) is 40.4 Å². The van der Waals surface area contributed by atoms with Crippen molar-refractivity contribution < 1.29 is 24.6 Å². The highest BCUT2D eigenvalue weighted by atomic mass is 16.4. The van der Waals surface area contributed by atoms with Gasteiger partial charge in [0.1, 0.15) is 0 Å². The fourth-order valence-corrected chi connectivity index (χ4v) is 9.40. The van der Waals surface area contributed by atoms with Gasteiger partial charge in [0.25, 0.3) is 0 Å². The van der Waals surface area contributed by atoms with Crippen LogP contribution in [-0.4, -0.2) is 33.6 Å². The van der Waals surface area contributed by atoms with E-state index in [0.717, 1.165) is 69.1 Å². The van der Waals surface area contributed by atoms with Gasteiger partial charge in [0, 0.05) is 12.5 Å². The van der Waals surface area contributed by atoms with Crippen LogP contribution in [0.25, 0.3) is 0 Å². The van der Waals surface area contributed by atoms with E-state index in [4.69, 9.17) is 0 Å². The smallest absolute Gasteiger partial charge is 0.309 e. The summed E-state index contributed by atoms with van der Waals surface area (Å²) in [5.41, 5.74) is -1.05. The lowest BCUT2D eigenvalue weighted by atomic mass is 9.47. The molecule has 6 nitrogen and oxygen atoms in total. The summed E-state index contributed by atoms with van der Waals surface area (Å²) in [4.78, 5) is 34.2. The molecule has 0 radical (unpaired) electrons. The molecule has 0 aromatic carbocycles. The minimum Gasteiger partial charge on any atom is -0.481 e. The average Bonchev–Trinajstić information content (AvgIpc) is 2.58. The summed E-state index contributed by atoms with van der Waals surface area (Å²) in [7, 11) is 0. The van der Waals surface area contributed by atoms with Crippen molar-refractivity contribution in [3.8, 4) is 0 Å². The number of carbonyl (C=O) groups is 3. The Hall–Kier alpha value is -1.59. The fraction of sp³-hybridized carbons (Fsp3) is 0.875. The van der Waals surface area contributed by atoms with Crippen LogP contribution in [0.5, 0.6) is 0 Å². The van der Waals surface area contributed by atoms with Crippen LogP contribution in [0.1, 0.15) is 84.0 Å². The molecule has 2 unspecified atom stereocenters. The van der Waals surface area contributed by atoms with Gasteiger partial charge < -0.3 is 15.5 Å². The van der Waals surface area contributed by atoms with E-state index in [2.05, 4.69) is 5.32 Å². The number of hydrogen-bond acceptors (Lipinski definition) is 3. The van der Waals surface area contributed by atoms with Crippen molar-refractivity contribution in [1.29, 1.82) is 0 Å². The van der Waals surface area contributed by atoms with Crippen LogP contribution in [-0.2, 0) is 14.4 Å². The summed E-state index contributed by atoms with van der Waals surface area (Å²) in [5, 5.41) is 21.9. The zero-order valence-electron chi connectivity index (χ0n) is 18.0. The SMILES string of the molecule is CC(=O)NC12CC3CC(C1)CC(C(=O)O)(C3)C2.O=C(O)C12CC3CC(CC(C3)C1)C2. The second-order valence-electron chi connectivity index (χ2n) is 12.0. The second kappa shape index (κ2) is 6.70. The van der Waals surface area contributed by atoms with Gasteiger partial charge in [-0.2, -0.15) is 0 Å². The molecule has 0 aromatic heterocycles. The Morgan fingerprint density at radius 2 is 1.07 bits per heavy atom. The average molecular weight is 418 g/mol. The molecule has 8 saturated carbocycles. The molecule has 0 heterocycles. The van der Waals surface area contributed by atoms with Crippen LogP contribution in [0.3, 0.4) is 0 Å². The zero-order chi connectivity index (χ0) is 21.3. The van der Waals surface area contributed by atoms with E-state index in [9.17, 15) is 24.6 Å². The Kier molecular flexibility index (Phi) is 4.54. The maximum absolute atomic E-state index is 11.6. The van der Waals surface area contributed by atoms with Crippen LogP contribution in [0.4, 0.5) is 0 Å². The third-order valence-corrected chi connectivity index (χ3v) is 9.45. The first-order chi connectivity index (χ1) is 14.1. The number of nitrogens with one attached hydrogen (secondary N) is 1. The summed E-state index contributed by atoms with van der Waals surface area (Å²) < 4.78 is 0. The van der Waals surface area contributed by atoms with E-state index in [-0.39, 0.29) is 16.9 Å². The molecule has 0 saturated heterocycles. The van der Waals surface area contributed by atoms with Gasteiger partial charge in [-0.25, -0.2) is 0 Å².